The molecule has 0 atom stereocenters. The number of aryl methyl sites for hydroxylation is 3. The van der Waals surface area contributed by atoms with Gasteiger partial charge >= 0.3 is 0 Å². The Hall–Kier alpha value is -1.61. The molecule has 0 unspecified atom stereocenters. The fourth-order valence-corrected chi connectivity index (χ4v) is 2.91. The van der Waals surface area contributed by atoms with Crippen molar-refractivity contribution in [2.24, 2.45) is 0 Å². The Labute approximate surface area is 114 Å². The van der Waals surface area contributed by atoms with Gasteiger partial charge in [0.05, 0.1) is 5.52 Å². The summed E-state index contributed by atoms with van der Waals surface area (Å²) in [5.41, 5.74) is 5.08. The molecule has 3 rings (SSSR count). The smallest absolute Gasteiger partial charge is 0.129 e. The molecule has 3 heteroatoms. The highest BCUT2D eigenvalue weighted by atomic mass is 15.2. The van der Waals surface area contributed by atoms with Gasteiger partial charge in [-0.05, 0) is 43.5 Å². The molecule has 0 spiro atoms. The van der Waals surface area contributed by atoms with Crippen LogP contribution in [0.3, 0.4) is 0 Å². The lowest BCUT2D eigenvalue weighted by Crippen LogP contribution is -2.43. The Morgan fingerprint density at radius 1 is 1.00 bits per heavy atom. The minimum atomic E-state index is 1.04. The molecule has 0 aliphatic carbocycles. The second kappa shape index (κ2) is 4.82. The predicted octanol–water partition coefficient (Wildman–Crippen LogP) is 2.57. The summed E-state index contributed by atoms with van der Waals surface area (Å²) in [6, 6.07) is 6.60. The number of hydrogen-bond donors (Lipinski definition) is 1. The van der Waals surface area contributed by atoms with Crippen LogP contribution in [0.1, 0.15) is 16.7 Å². The zero-order valence-electron chi connectivity index (χ0n) is 12.0. The SMILES string of the molecule is Cc1ccc(C)c2c(C)cc(N3CCNCC3)nc12. The van der Waals surface area contributed by atoms with E-state index in [9.17, 15) is 0 Å². The van der Waals surface area contributed by atoms with E-state index < -0.39 is 0 Å². The Balaban J connectivity index is 2.15. The summed E-state index contributed by atoms with van der Waals surface area (Å²) in [5, 5.41) is 4.71. The molecule has 3 nitrogen and oxygen atoms in total. The summed E-state index contributed by atoms with van der Waals surface area (Å²) in [4.78, 5) is 7.30. The van der Waals surface area contributed by atoms with E-state index in [1.165, 1.54) is 22.1 Å². The molecule has 1 saturated heterocycles. The van der Waals surface area contributed by atoms with Gasteiger partial charge in [0.15, 0.2) is 0 Å². The monoisotopic (exact) mass is 255 g/mol. The van der Waals surface area contributed by atoms with Gasteiger partial charge in [-0.1, -0.05) is 12.1 Å². The molecule has 100 valence electrons. The molecule has 1 N–H and O–H groups in total. The molecule has 0 radical (unpaired) electrons. The number of pyridine rings is 1. The highest BCUT2D eigenvalue weighted by Crippen LogP contribution is 2.27. The zero-order valence-corrected chi connectivity index (χ0v) is 12.0. The van der Waals surface area contributed by atoms with E-state index in [4.69, 9.17) is 4.98 Å². The van der Waals surface area contributed by atoms with Crippen molar-refractivity contribution < 1.29 is 0 Å². The summed E-state index contributed by atoms with van der Waals surface area (Å²) in [7, 11) is 0. The molecular weight excluding hydrogens is 234 g/mol. The molecule has 0 bridgehead atoms. The van der Waals surface area contributed by atoms with Gasteiger partial charge in [0.25, 0.3) is 0 Å². The van der Waals surface area contributed by atoms with Crippen molar-refractivity contribution in [3.63, 3.8) is 0 Å². The third-order valence-electron chi connectivity index (χ3n) is 4.00. The standard InChI is InChI=1S/C16H21N3/c1-11-4-5-12(2)16-15(11)13(3)10-14(18-16)19-8-6-17-7-9-19/h4-5,10,17H,6-9H2,1-3H3. The summed E-state index contributed by atoms with van der Waals surface area (Å²) >= 11 is 0. The van der Waals surface area contributed by atoms with E-state index in [2.05, 4.69) is 49.2 Å². The Morgan fingerprint density at radius 2 is 1.68 bits per heavy atom. The number of nitrogens with zero attached hydrogens (tertiary/aromatic N) is 2. The number of piperazine rings is 1. The van der Waals surface area contributed by atoms with Crippen LogP contribution >= 0.6 is 0 Å². The number of anilines is 1. The third kappa shape index (κ3) is 2.19. The Morgan fingerprint density at radius 3 is 2.42 bits per heavy atom. The largest absolute Gasteiger partial charge is 0.354 e. The first-order valence-electron chi connectivity index (χ1n) is 7.00. The van der Waals surface area contributed by atoms with Crippen molar-refractivity contribution in [2.75, 3.05) is 31.1 Å². The molecule has 1 aliphatic heterocycles. The highest BCUT2D eigenvalue weighted by Gasteiger charge is 2.14. The van der Waals surface area contributed by atoms with Gasteiger partial charge in [-0.25, -0.2) is 4.98 Å². The summed E-state index contributed by atoms with van der Waals surface area (Å²) in [5.74, 6) is 1.13. The zero-order chi connectivity index (χ0) is 13.4. The number of rotatable bonds is 1. The Bertz CT molecular complexity index is 613. The number of fused-ring (bicyclic) bond motifs is 1. The molecule has 1 aromatic carbocycles. The van der Waals surface area contributed by atoms with Gasteiger partial charge in [-0.2, -0.15) is 0 Å². The number of benzene rings is 1. The molecule has 0 amide bonds. The van der Waals surface area contributed by atoms with E-state index in [1.54, 1.807) is 0 Å². The minimum absolute atomic E-state index is 1.04. The maximum Gasteiger partial charge on any atom is 0.129 e. The fraction of sp³-hybridized carbons (Fsp3) is 0.438. The van der Waals surface area contributed by atoms with E-state index in [1.807, 2.05) is 0 Å². The molecule has 19 heavy (non-hydrogen) atoms. The highest BCUT2D eigenvalue weighted by molar-refractivity contribution is 5.89. The molecule has 1 aromatic heterocycles. The average Bonchev–Trinajstić information content (AvgIpc) is 2.43. The minimum Gasteiger partial charge on any atom is -0.354 e. The quantitative estimate of drug-likeness (QED) is 0.849. The van der Waals surface area contributed by atoms with E-state index in [-0.39, 0.29) is 0 Å². The maximum atomic E-state index is 4.92. The molecule has 1 aliphatic rings. The van der Waals surface area contributed by atoms with Crippen molar-refractivity contribution >= 4 is 16.7 Å². The van der Waals surface area contributed by atoms with Crippen LogP contribution in [0.2, 0.25) is 0 Å². The normalized spacial score (nSPS) is 16.1. The lowest BCUT2D eigenvalue weighted by atomic mass is 10.0. The van der Waals surface area contributed by atoms with Crippen LogP contribution in [-0.4, -0.2) is 31.2 Å². The topological polar surface area (TPSA) is 28.2 Å². The summed E-state index contributed by atoms with van der Waals surface area (Å²) < 4.78 is 0. The van der Waals surface area contributed by atoms with Gasteiger partial charge in [-0.3, -0.25) is 0 Å². The van der Waals surface area contributed by atoms with Gasteiger partial charge in [0, 0.05) is 31.6 Å². The van der Waals surface area contributed by atoms with Crippen LogP contribution < -0.4 is 10.2 Å². The van der Waals surface area contributed by atoms with Crippen LogP contribution in [0.25, 0.3) is 10.9 Å². The predicted molar refractivity (Wildman–Crippen MR) is 81.0 cm³/mol. The van der Waals surface area contributed by atoms with Crippen LogP contribution in [0.15, 0.2) is 18.2 Å². The second-order valence-corrected chi connectivity index (χ2v) is 5.46. The average molecular weight is 255 g/mol. The number of aromatic nitrogens is 1. The van der Waals surface area contributed by atoms with Crippen LogP contribution in [-0.2, 0) is 0 Å². The lowest BCUT2D eigenvalue weighted by molar-refractivity contribution is 0.585. The molecule has 2 heterocycles. The molecule has 0 saturated carbocycles. The van der Waals surface area contributed by atoms with Crippen molar-refractivity contribution in [2.45, 2.75) is 20.8 Å². The summed E-state index contributed by atoms with van der Waals surface area (Å²) in [6.07, 6.45) is 0. The maximum absolute atomic E-state index is 4.92. The van der Waals surface area contributed by atoms with Crippen LogP contribution in [0.5, 0.6) is 0 Å². The first-order chi connectivity index (χ1) is 9.16. The lowest BCUT2D eigenvalue weighted by Gasteiger charge is -2.29. The van der Waals surface area contributed by atoms with Gasteiger partial charge < -0.3 is 10.2 Å². The van der Waals surface area contributed by atoms with Crippen molar-refractivity contribution in [1.29, 1.82) is 0 Å². The van der Waals surface area contributed by atoms with E-state index in [0.29, 0.717) is 0 Å². The van der Waals surface area contributed by atoms with Gasteiger partial charge in [-0.15, -0.1) is 0 Å². The van der Waals surface area contributed by atoms with Gasteiger partial charge in [0.1, 0.15) is 5.82 Å². The molecule has 1 fully saturated rings. The number of nitrogens with one attached hydrogen (secondary N) is 1. The fourth-order valence-electron chi connectivity index (χ4n) is 2.91. The van der Waals surface area contributed by atoms with Crippen molar-refractivity contribution in [3.05, 3.63) is 34.9 Å². The molecule has 2 aromatic rings. The van der Waals surface area contributed by atoms with E-state index >= 15 is 0 Å². The Kier molecular flexibility index (Phi) is 3.15. The number of hydrogen-bond acceptors (Lipinski definition) is 3. The molecular formula is C16H21N3. The van der Waals surface area contributed by atoms with Gasteiger partial charge in [0.2, 0.25) is 0 Å². The second-order valence-electron chi connectivity index (χ2n) is 5.46. The first kappa shape index (κ1) is 12.4. The first-order valence-corrected chi connectivity index (χ1v) is 7.00. The van der Waals surface area contributed by atoms with Crippen molar-refractivity contribution in [3.8, 4) is 0 Å². The van der Waals surface area contributed by atoms with E-state index in [0.717, 1.165) is 37.5 Å². The summed E-state index contributed by atoms with van der Waals surface area (Å²) in [6.45, 7) is 10.7. The van der Waals surface area contributed by atoms with Crippen molar-refractivity contribution in [1.82, 2.24) is 10.3 Å². The van der Waals surface area contributed by atoms with Crippen LogP contribution in [0, 0.1) is 20.8 Å². The third-order valence-corrected chi connectivity index (χ3v) is 4.00. The van der Waals surface area contributed by atoms with Crippen LogP contribution in [0.4, 0.5) is 5.82 Å².